The second kappa shape index (κ2) is 11.0. The van der Waals surface area contributed by atoms with Gasteiger partial charge in [-0.2, -0.15) is 0 Å². The molecule has 1 unspecified atom stereocenters. The Morgan fingerprint density at radius 3 is 2.26 bits per heavy atom. The Balaban J connectivity index is 2.33. The van der Waals surface area contributed by atoms with E-state index in [1.54, 1.807) is 6.07 Å². The number of ketones is 1. The number of methoxy groups -OCH3 is 5. The molecule has 0 saturated heterocycles. The largest absolute Gasteiger partial charge is 0.496 e. The van der Waals surface area contributed by atoms with E-state index in [2.05, 4.69) is 6.58 Å². The molecular weight excluding hydrogens is 460 g/mol. The van der Waals surface area contributed by atoms with Crippen molar-refractivity contribution < 1.29 is 47.5 Å². The molecule has 2 aromatic carbocycles. The average Bonchev–Trinajstić information content (AvgIpc) is 2.89. The van der Waals surface area contributed by atoms with Crippen molar-refractivity contribution in [2.75, 3.05) is 55.6 Å². The van der Waals surface area contributed by atoms with Crippen LogP contribution >= 0.6 is 0 Å². The van der Waals surface area contributed by atoms with E-state index in [0.717, 1.165) is 0 Å². The highest BCUT2D eigenvalue weighted by Gasteiger charge is 2.56. The van der Waals surface area contributed by atoms with Crippen LogP contribution in [0, 0.1) is 0 Å². The van der Waals surface area contributed by atoms with Crippen LogP contribution in [0.3, 0.4) is 0 Å². The number of hydrogen-bond acceptors (Lipinski definition) is 10. The lowest BCUT2D eigenvalue weighted by Crippen LogP contribution is -2.52. The van der Waals surface area contributed by atoms with Crippen molar-refractivity contribution in [3.05, 3.63) is 48.0 Å². The van der Waals surface area contributed by atoms with E-state index in [9.17, 15) is 9.59 Å². The lowest BCUT2D eigenvalue weighted by atomic mass is 9.72. The number of carbonyl (C=O) groups is 2. The molecule has 1 aliphatic rings. The minimum absolute atomic E-state index is 0.0579. The highest BCUT2D eigenvalue weighted by atomic mass is 16.7. The van der Waals surface area contributed by atoms with Gasteiger partial charge in [0, 0.05) is 30.9 Å². The van der Waals surface area contributed by atoms with Gasteiger partial charge in [0.25, 0.3) is 0 Å². The lowest BCUT2D eigenvalue weighted by Gasteiger charge is -2.36. The summed E-state index contributed by atoms with van der Waals surface area (Å²) >= 11 is 0. The molecule has 0 amide bonds. The molecule has 0 fully saturated rings. The van der Waals surface area contributed by atoms with E-state index in [1.807, 2.05) is 0 Å². The third-order valence-corrected chi connectivity index (χ3v) is 5.51. The number of benzene rings is 2. The Hall–Kier alpha value is -3.92. The quantitative estimate of drug-likeness (QED) is 0.203. The minimum Gasteiger partial charge on any atom is -0.496 e. The van der Waals surface area contributed by atoms with Gasteiger partial charge in [0.1, 0.15) is 41.8 Å². The Morgan fingerprint density at radius 2 is 1.66 bits per heavy atom. The zero-order valence-corrected chi connectivity index (χ0v) is 20.3. The molecule has 0 aliphatic carbocycles. The van der Waals surface area contributed by atoms with Crippen LogP contribution in [0.15, 0.2) is 36.9 Å². The number of rotatable bonds is 11. The van der Waals surface area contributed by atoms with Crippen LogP contribution in [0.5, 0.6) is 34.5 Å². The number of ether oxygens (including phenoxy) is 8. The van der Waals surface area contributed by atoms with Crippen molar-refractivity contribution in [2.24, 2.45) is 0 Å². The molecule has 188 valence electrons. The Bertz CT molecular complexity index is 1090. The molecule has 0 aromatic heterocycles. The summed E-state index contributed by atoms with van der Waals surface area (Å²) in [5.41, 5.74) is -1.77. The van der Waals surface area contributed by atoms with E-state index in [0.29, 0.717) is 11.5 Å². The van der Waals surface area contributed by atoms with Gasteiger partial charge in [-0.15, -0.1) is 0 Å². The topological polar surface area (TPSA) is 108 Å². The third-order valence-electron chi connectivity index (χ3n) is 5.51. The molecule has 0 spiro atoms. The highest BCUT2D eigenvalue weighted by molar-refractivity contribution is 6.21. The maximum absolute atomic E-state index is 14.2. The third kappa shape index (κ3) is 4.57. The van der Waals surface area contributed by atoms with Crippen molar-refractivity contribution in [3.63, 3.8) is 0 Å². The summed E-state index contributed by atoms with van der Waals surface area (Å²) < 4.78 is 43.7. The molecule has 1 atom stereocenters. The van der Waals surface area contributed by atoms with Gasteiger partial charge in [0.15, 0.2) is 29.5 Å². The Morgan fingerprint density at radius 1 is 0.971 bits per heavy atom. The first-order valence-corrected chi connectivity index (χ1v) is 10.5. The fraction of sp³-hybridized carbons (Fsp3) is 0.360. The summed E-state index contributed by atoms with van der Waals surface area (Å²) in [5, 5.41) is 0. The first-order chi connectivity index (χ1) is 16.9. The van der Waals surface area contributed by atoms with Gasteiger partial charge >= 0.3 is 5.97 Å². The van der Waals surface area contributed by atoms with E-state index in [-0.39, 0.29) is 54.1 Å². The van der Waals surface area contributed by atoms with Gasteiger partial charge in [0.2, 0.25) is 0 Å². The molecule has 0 saturated carbocycles. The minimum atomic E-state index is -1.97. The zero-order chi connectivity index (χ0) is 25.6. The van der Waals surface area contributed by atoms with Crippen molar-refractivity contribution >= 4 is 11.8 Å². The van der Waals surface area contributed by atoms with Gasteiger partial charge in [-0.1, -0.05) is 12.7 Å². The average molecular weight is 488 g/mol. The van der Waals surface area contributed by atoms with E-state index >= 15 is 0 Å². The summed E-state index contributed by atoms with van der Waals surface area (Å²) in [6.07, 6.45) is 1.40. The molecule has 0 N–H and O–H groups in total. The van der Waals surface area contributed by atoms with Crippen molar-refractivity contribution in [1.29, 1.82) is 0 Å². The summed E-state index contributed by atoms with van der Waals surface area (Å²) in [6.45, 7) is 2.91. The Labute approximate surface area is 203 Å². The molecular formula is C25H28O10. The zero-order valence-electron chi connectivity index (χ0n) is 20.3. The van der Waals surface area contributed by atoms with Crippen LogP contribution in [-0.4, -0.2) is 67.3 Å². The van der Waals surface area contributed by atoms with Gasteiger partial charge in [-0.25, -0.2) is 0 Å². The maximum Gasteiger partial charge on any atom is 0.328 e. The smallest absolute Gasteiger partial charge is 0.328 e. The van der Waals surface area contributed by atoms with Crippen molar-refractivity contribution in [1.82, 2.24) is 0 Å². The molecule has 1 heterocycles. The van der Waals surface area contributed by atoms with Gasteiger partial charge in [-0.3, -0.25) is 9.59 Å². The molecule has 10 nitrogen and oxygen atoms in total. The second-order valence-corrected chi connectivity index (χ2v) is 7.37. The number of carbonyl (C=O) groups excluding carboxylic acids is 2. The number of fused-ring (bicyclic) bond motifs is 1. The second-order valence-electron chi connectivity index (χ2n) is 7.37. The van der Waals surface area contributed by atoms with Crippen LogP contribution in [0.2, 0.25) is 0 Å². The van der Waals surface area contributed by atoms with Crippen molar-refractivity contribution in [2.45, 2.75) is 5.41 Å². The standard InChI is InChI=1S/C25H28O10/c1-7-8-33-24(27)25(16-11-18(30-4)19(31-5)12-17(16)35-14-28-2)13-34-21-10-15(29-3)9-20(32-6)22(21)23(25)26/h7,9-12H,1,8,13-14H2,2-6H3. The van der Waals surface area contributed by atoms with Gasteiger partial charge < -0.3 is 37.9 Å². The fourth-order valence-corrected chi connectivity index (χ4v) is 3.80. The van der Waals surface area contributed by atoms with Crippen LogP contribution in [0.25, 0.3) is 0 Å². The summed E-state index contributed by atoms with van der Waals surface area (Å²) in [4.78, 5) is 27.8. The van der Waals surface area contributed by atoms with E-state index < -0.39 is 17.2 Å². The maximum atomic E-state index is 14.2. The monoisotopic (exact) mass is 488 g/mol. The normalized spacial score (nSPS) is 16.4. The SMILES string of the molecule is C=CCOC(=O)C1(c2cc(OC)c(OC)cc2OCOC)COc2cc(OC)cc(OC)c2C1=O. The predicted octanol–water partition coefficient (Wildman–Crippen LogP) is 2.95. The summed E-state index contributed by atoms with van der Waals surface area (Å²) in [7, 11) is 7.21. The number of hydrogen-bond donors (Lipinski definition) is 0. The lowest BCUT2D eigenvalue weighted by molar-refractivity contribution is -0.148. The molecule has 35 heavy (non-hydrogen) atoms. The predicted molar refractivity (Wildman–Crippen MR) is 124 cm³/mol. The van der Waals surface area contributed by atoms with Gasteiger partial charge in [-0.05, 0) is 6.07 Å². The molecule has 0 bridgehead atoms. The van der Waals surface area contributed by atoms with Crippen LogP contribution < -0.4 is 28.4 Å². The molecule has 0 radical (unpaired) electrons. The van der Waals surface area contributed by atoms with E-state index in [1.165, 1.54) is 59.8 Å². The number of Topliss-reactive ketones (excluding diaryl/α,β-unsaturated/α-hetero) is 1. The fourth-order valence-electron chi connectivity index (χ4n) is 3.80. The van der Waals surface area contributed by atoms with Crippen molar-refractivity contribution in [3.8, 4) is 34.5 Å². The Kier molecular flexibility index (Phi) is 8.08. The van der Waals surface area contributed by atoms with Gasteiger partial charge in [0.05, 0.1) is 28.4 Å². The summed E-state index contributed by atoms with van der Waals surface area (Å²) in [6, 6.07) is 6.07. The molecule has 2 aromatic rings. The molecule has 1 aliphatic heterocycles. The summed E-state index contributed by atoms with van der Waals surface area (Å²) in [5.74, 6) is 0.0655. The number of esters is 1. The van der Waals surface area contributed by atoms with Crippen LogP contribution in [-0.2, 0) is 19.7 Å². The molecule has 10 heteroatoms. The van der Waals surface area contributed by atoms with Crippen LogP contribution in [0.1, 0.15) is 15.9 Å². The van der Waals surface area contributed by atoms with E-state index in [4.69, 9.17) is 37.9 Å². The molecule has 3 rings (SSSR count). The van der Waals surface area contributed by atoms with Crippen LogP contribution in [0.4, 0.5) is 0 Å². The first-order valence-electron chi connectivity index (χ1n) is 10.5. The first kappa shape index (κ1) is 25.7. The highest BCUT2D eigenvalue weighted by Crippen LogP contribution is 2.48.